The van der Waals surface area contributed by atoms with Crippen LogP contribution in [0.5, 0.6) is 0 Å². The summed E-state index contributed by atoms with van der Waals surface area (Å²) in [4.78, 5) is 27.1. The van der Waals surface area contributed by atoms with Gasteiger partial charge in [-0.1, -0.05) is 0 Å². The van der Waals surface area contributed by atoms with Crippen LogP contribution in [0.3, 0.4) is 0 Å². The first-order valence-electron chi connectivity index (χ1n) is 6.56. The molecule has 7 nitrogen and oxygen atoms in total. The van der Waals surface area contributed by atoms with Crippen LogP contribution in [0.4, 0.5) is 0 Å². The number of rotatable bonds is 6. The van der Waals surface area contributed by atoms with Crippen molar-refractivity contribution in [1.29, 1.82) is 0 Å². The van der Waals surface area contributed by atoms with Crippen molar-refractivity contribution in [3.05, 3.63) is 0 Å². The van der Waals surface area contributed by atoms with Crippen LogP contribution in [0.15, 0.2) is 0 Å². The molecule has 0 aromatic carbocycles. The van der Waals surface area contributed by atoms with Gasteiger partial charge in [0.15, 0.2) is 0 Å². The molecule has 0 unspecified atom stereocenters. The lowest BCUT2D eigenvalue weighted by atomic mass is 10.3. The standard InChI is InChI=1S/C12H24N4O3/c1-14-12(18)10(13)9-19-11(17)3-4-16-7-5-15(2)6-8-16/h10H,3-9,13H2,1-2H3,(H,14,18)/t10-/m0/s1. The van der Waals surface area contributed by atoms with E-state index >= 15 is 0 Å². The molecule has 1 heterocycles. The number of ether oxygens (including phenoxy) is 1. The van der Waals surface area contributed by atoms with Gasteiger partial charge in [-0.05, 0) is 7.05 Å². The smallest absolute Gasteiger partial charge is 0.307 e. The second-order valence-electron chi connectivity index (χ2n) is 4.80. The van der Waals surface area contributed by atoms with Crippen LogP contribution < -0.4 is 11.1 Å². The molecule has 0 saturated carbocycles. The fourth-order valence-corrected chi connectivity index (χ4v) is 1.84. The van der Waals surface area contributed by atoms with Crippen LogP contribution in [-0.4, -0.2) is 81.1 Å². The summed E-state index contributed by atoms with van der Waals surface area (Å²) >= 11 is 0. The Hall–Kier alpha value is -1.18. The lowest BCUT2D eigenvalue weighted by Crippen LogP contribution is -2.45. The summed E-state index contributed by atoms with van der Waals surface area (Å²) in [5, 5.41) is 2.41. The van der Waals surface area contributed by atoms with Gasteiger partial charge >= 0.3 is 5.97 Å². The van der Waals surface area contributed by atoms with E-state index in [1.54, 1.807) is 0 Å². The zero-order chi connectivity index (χ0) is 14.3. The minimum atomic E-state index is -0.794. The van der Waals surface area contributed by atoms with Crippen molar-refractivity contribution >= 4 is 11.9 Å². The highest BCUT2D eigenvalue weighted by atomic mass is 16.5. The van der Waals surface area contributed by atoms with E-state index in [1.807, 2.05) is 0 Å². The van der Waals surface area contributed by atoms with Gasteiger partial charge in [0.1, 0.15) is 12.6 Å². The van der Waals surface area contributed by atoms with Gasteiger partial charge < -0.3 is 25.6 Å². The van der Waals surface area contributed by atoms with Crippen molar-refractivity contribution in [1.82, 2.24) is 15.1 Å². The SMILES string of the molecule is CNC(=O)[C@@H](N)COC(=O)CCN1CCN(C)CC1. The molecule has 1 rings (SSSR count). The van der Waals surface area contributed by atoms with E-state index < -0.39 is 6.04 Å². The molecule has 7 heteroatoms. The second kappa shape index (κ2) is 8.08. The quantitative estimate of drug-likeness (QED) is 0.557. The molecule has 0 aromatic heterocycles. The lowest BCUT2D eigenvalue weighted by molar-refractivity contribution is -0.145. The Kier molecular flexibility index (Phi) is 6.75. The maximum absolute atomic E-state index is 11.5. The highest BCUT2D eigenvalue weighted by Crippen LogP contribution is 2.01. The number of hydrogen-bond donors (Lipinski definition) is 2. The number of nitrogens with one attached hydrogen (secondary N) is 1. The maximum atomic E-state index is 11.5. The largest absolute Gasteiger partial charge is 0.463 e. The first kappa shape index (κ1) is 15.9. The minimum Gasteiger partial charge on any atom is -0.463 e. The molecule has 0 aliphatic carbocycles. The van der Waals surface area contributed by atoms with Gasteiger partial charge in [0.05, 0.1) is 6.42 Å². The number of nitrogens with zero attached hydrogens (tertiary/aromatic N) is 2. The zero-order valence-corrected chi connectivity index (χ0v) is 11.7. The Labute approximate surface area is 114 Å². The number of nitrogens with two attached hydrogens (primary N) is 1. The van der Waals surface area contributed by atoms with E-state index in [4.69, 9.17) is 10.5 Å². The molecule has 0 radical (unpaired) electrons. The van der Waals surface area contributed by atoms with Crippen molar-refractivity contribution in [2.75, 3.05) is 53.4 Å². The highest BCUT2D eigenvalue weighted by molar-refractivity contribution is 5.81. The summed E-state index contributed by atoms with van der Waals surface area (Å²) in [6, 6.07) is -0.794. The Morgan fingerprint density at radius 1 is 1.32 bits per heavy atom. The third-order valence-electron chi connectivity index (χ3n) is 3.24. The first-order chi connectivity index (χ1) is 9.02. The molecule has 1 amide bonds. The molecule has 0 aromatic rings. The summed E-state index contributed by atoms with van der Waals surface area (Å²) in [7, 11) is 3.59. The molecule has 1 fully saturated rings. The maximum Gasteiger partial charge on any atom is 0.307 e. The van der Waals surface area contributed by atoms with Gasteiger partial charge in [0.25, 0.3) is 0 Å². The molecule has 1 aliphatic rings. The Balaban J connectivity index is 2.12. The van der Waals surface area contributed by atoms with Gasteiger partial charge in [0.2, 0.25) is 5.91 Å². The molecule has 1 atom stereocenters. The van der Waals surface area contributed by atoms with Crippen LogP contribution in [0.1, 0.15) is 6.42 Å². The minimum absolute atomic E-state index is 0.0682. The molecule has 1 saturated heterocycles. The van der Waals surface area contributed by atoms with Gasteiger partial charge in [-0.25, -0.2) is 0 Å². The van der Waals surface area contributed by atoms with E-state index in [2.05, 4.69) is 22.2 Å². The molecule has 3 N–H and O–H groups in total. The third-order valence-corrected chi connectivity index (χ3v) is 3.24. The highest BCUT2D eigenvalue weighted by Gasteiger charge is 2.17. The fourth-order valence-electron chi connectivity index (χ4n) is 1.84. The number of carbonyl (C=O) groups excluding carboxylic acids is 2. The summed E-state index contributed by atoms with van der Waals surface area (Å²) in [6.07, 6.45) is 0.337. The second-order valence-corrected chi connectivity index (χ2v) is 4.80. The number of likely N-dealkylation sites (N-methyl/N-ethyl adjacent to an activating group) is 2. The number of piperazine rings is 1. The predicted molar refractivity (Wildman–Crippen MR) is 71.6 cm³/mol. The molecular formula is C12H24N4O3. The Bertz CT molecular complexity index is 303. The predicted octanol–water partition coefficient (Wildman–Crippen LogP) is -1.76. The van der Waals surface area contributed by atoms with E-state index in [9.17, 15) is 9.59 Å². The van der Waals surface area contributed by atoms with Crippen molar-refractivity contribution in [3.63, 3.8) is 0 Å². The van der Waals surface area contributed by atoms with Crippen molar-refractivity contribution in [3.8, 4) is 0 Å². The summed E-state index contributed by atoms with van der Waals surface area (Å²) in [5.74, 6) is -0.634. The molecule has 0 spiro atoms. The van der Waals surface area contributed by atoms with Gasteiger partial charge in [-0.15, -0.1) is 0 Å². The van der Waals surface area contributed by atoms with Crippen molar-refractivity contribution in [2.24, 2.45) is 5.73 Å². The normalized spacial score (nSPS) is 18.9. The average Bonchev–Trinajstić information content (AvgIpc) is 2.43. The van der Waals surface area contributed by atoms with Gasteiger partial charge in [-0.2, -0.15) is 0 Å². The van der Waals surface area contributed by atoms with Crippen molar-refractivity contribution in [2.45, 2.75) is 12.5 Å². The van der Waals surface area contributed by atoms with E-state index in [0.717, 1.165) is 26.2 Å². The molecule has 1 aliphatic heterocycles. The Morgan fingerprint density at radius 2 is 1.95 bits per heavy atom. The van der Waals surface area contributed by atoms with Crippen LogP contribution in [0, 0.1) is 0 Å². The fraction of sp³-hybridized carbons (Fsp3) is 0.833. The number of carbonyl (C=O) groups is 2. The summed E-state index contributed by atoms with van der Waals surface area (Å²) in [6.45, 7) is 4.62. The van der Waals surface area contributed by atoms with Crippen LogP contribution in [0.2, 0.25) is 0 Å². The molecule has 0 bridgehead atoms. The lowest BCUT2D eigenvalue weighted by Gasteiger charge is -2.32. The summed E-state index contributed by atoms with van der Waals surface area (Å²) < 4.78 is 4.98. The van der Waals surface area contributed by atoms with Gasteiger partial charge in [-0.3, -0.25) is 9.59 Å². The topological polar surface area (TPSA) is 87.9 Å². The molecule has 110 valence electrons. The first-order valence-corrected chi connectivity index (χ1v) is 6.56. The third kappa shape index (κ3) is 6.00. The number of hydrogen-bond acceptors (Lipinski definition) is 6. The van der Waals surface area contributed by atoms with E-state index in [0.29, 0.717) is 13.0 Å². The van der Waals surface area contributed by atoms with E-state index in [-0.39, 0.29) is 18.5 Å². The molecule has 19 heavy (non-hydrogen) atoms. The van der Waals surface area contributed by atoms with Gasteiger partial charge in [0, 0.05) is 39.8 Å². The average molecular weight is 272 g/mol. The van der Waals surface area contributed by atoms with Crippen molar-refractivity contribution < 1.29 is 14.3 Å². The van der Waals surface area contributed by atoms with Crippen LogP contribution in [-0.2, 0) is 14.3 Å². The number of amides is 1. The molecular weight excluding hydrogens is 248 g/mol. The monoisotopic (exact) mass is 272 g/mol. The number of esters is 1. The van der Waals surface area contributed by atoms with E-state index in [1.165, 1.54) is 7.05 Å². The Morgan fingerprint density at radius 3 is 2.53 bits per heavy atom. The van der Waals surface area contributed by atoms with Crippen LogP contribution >= 0.6 is 0 Å². The van der Waals surface area contributed by atoms with Crippen LogP contribution in [0.25, 0.3) is 0 Å². The zero-order valence-electron chi connectivity index (χ0n) is 11.7. The summed E-state index contributed by atoms with van der Waals surface area (Å²) in [5.41, 5.74) is 5.53.